The second-order valence-electron chi connectivity index (χ2n) is 2.25. The lowest BCUT2D eigenvalue weighted by Crippen LogP contribution is -1.93. The van der Waals surface area contributed by atoms with E-state index in [1.165, 1.54) is 19.2 Å². The molecule has 70 valence electrons. The average Bonchev–Trinajstić information content (AvgIpc) is 2.04. The smallest absolute Gasteiger partial charge is 0.229 e. The van der Waals surface area contributed by atoms with Crippen LogP contribution in [0.25, 0.3) is 0 Å². The molecule has 0 saturated heterocycles. The molecule has 0 atom stereocenters. The van der Waals surface area contributed by atoms with Gasteiger partial charge in [-0.05, 0) is 44.0 Å². The van der Waals surface area contributed by atoms with Gasteiger partial charge in [-0.15, -0.1) is 0 Å². The molecule has 0 saturated carbocycles. The van der Waals surface area contributed by atoms with E-state index in [4.69, 9.17) is 4.74 Å². The Hall–Kier alpha value is -0.550. The van der Waals surface area contributed by atoms with E-state index >= 15 is 0 Å². The van der Waals surface area contributed by atoms with Crippen LogP contribution < -0.4 is 4.74 Å². The molecule has 0 fully saturated rings. The van der Waals surface area contributed by atoms with Gasteiger partial charge in [0.2, 0.25) is 4.69 Å². The monoisotopic (exact) mass is 308 g/mol. The van der Waals surface area contributed by atoms with E-state index in [0.29, 0.717) is 10.0 Å². The fraction of sp³-hybridized carbons (Fsp3) is 0.125. The molecular weight excluding hydrogens is 304 g/mol. The number of ether oxygens (including phenoxy) is 1. The second kappa shape index (κ2) is 4.11. The molecule has 0 aliphatic rings. The highest BCUT2D eigenvalue weighted by Crippen LogP contribution is 2.37. The number of benzene rings is 1. The highest BCUT2D eigenvalue weighted by molar-refractivity contribution is 9.18. The number of phenols is 1. The predicted molar refractivity (Wildman–Crippen MR) is 55.6 cm³/mol. The molecule has 1 N–H and O–H groups in total. The summed E-state index contributed by atoms with van der Waals surface area (Å²) in [6.45, 7) is 0. The van der Waals surface area contributed by atoms with E-state index in [9.17, 15) is 9.90 Å². The van der Waals surface area contributed by atoms with Crippen molar-refractivity contribution in [2.24, 2.45) is 0 Å². The van der Waals surface area contributed by atoms with E-state index in [2.05, 4.69) is 31.9 Å². The van der Waals surface area contributed by atoms with E-state index in [1.807, 2.05) is 0 Å². The van der Waals surface area contributed by atoms with E-state index < -0.39 is 0 Å². The van der Waals surface area contributed by atoms with E-state index in [-0.39, 0.29) is 16.2 Å². The Kier molecular flexibility index (Phi) is 3.33. The van der Waals surface area contributed by atoms with Crippen LogP contribution in [0.15, 0.2) is 16.6 Å². The number of hydrogen-bond acceptors (Lipinski definition) is 3. The summed E-state index contributed by atoms with van der Waals surface area (Å²) in [4.78, 5) is 11.0. The van der Waals surface area contributed by atoms with E-state index in [1.54, 1.807) is 0 Å². The third kappa shape index (κ3) is 2.03. The second-order valence-corrected chi connectivity index (χ2v) is 3.77. The minimum absolute atomic E-state index is 0.00752. The van der Waals surface area contributed by atoms with Crippen molar-refractivity contribution in [1.82, 2.24) is 0 Å². The molecular formula is C8H6Br2O3. The first-order valence-electron chi connectivity index (χ1n) is 3.33. The molecule has 0 heterocycles. The molecule has 0 unspecified atom stereocenters. The van der Waals surface area contributed by atoms with Crippen molar-refractivity contribution >= 4 is 36.6 Å². The highest BCUT2D eigenvalue weighted by atomic mass is 79.9. The Balaban J connectivity index is 3.35. The first-order chi connectivity index (χ1) is 6.07. The quantitative estimate of drug-likeness (QED) is 0.854. The van der Waals surface area contributed by atoms with Crippen molar-refractivity contribution in [3.05, 3.63) is 22.2 Å². The van der Waals surface area contributed by atoms with Gasteiger partial charge in [0.25, 0.3) is 0 Å². The molecule has 0 spiro atoms. The summed E-state index contributed by atoms with van der Waals surface area (Å²) in [6.07, 6.45) is 0. The maximum Gasteiger partial charge on any atom is 0.229 e. The van der Waals surface area contributed by atoms with Gasteiger partial charge in [-0.3, -0.25) is 4.79 Å². The number of aromatic hydroxyl groups is 1. The number of phenolic OH excluding ortho intramolecular Hbond substituents is 1. The molecule has 0 aliphatic carbocycles. The third-order valence-electron chi connectivity index (χ3n) is 1.49. The van der Waals surface area contributed by atoms with Crippen molar-refractivity contribution in [1.29, 1.82) is 0 Å². The van der Waals surface area contributed by atoms with E-state index in [0.717, 1.165) is 0 Å². The zero-order chi connectivity index (χ0) is 10.0. The van der Waals surface area contributed by atoms with Gasteiger partial charge < -0.3 is 9.84 Å². The number of hydrogen-bond donors (Lipinski definition) is 1. The van der Waals surface area contributed by atoms with Crippen LogP contribution in [0.4, 0.5) is 0 Å². The van der Waals surface area contributed by atoms with Crippen LogP contribution in [-0.4, -0.2) is 16.9 Å². The molecule has 13 heavy (non-hydrogen) atoms. The Morgan fingerprint density at radius 2 is 2.15 bits per heavy atom. The zero-order valence-electron chi connectivity index (χ0n) is 6.67. The number of carbonyl (C=O) groups is 1. The van der Waals surface area contributed by atoms with Crippen LogP contribution in [0.2, 0.25) is 0 Å². The molecule has 1 rings (SSSR count). The first kappa shape index (κ1) is 10.5. The number of carbonyl (C=O) groups excluding carboxylic acids is 1. The molecule has 0 aliphatic heterocycles. The Morgan fingerprint density at radius 1 is 1.54 bits per heavy atom. The van der Waals surface area contributed by atoms with Crippen LogP contribution in [0.3, 0.4) is 0 Å². The summed E-state index contributed by atoms with van der Waals surface area (Å²) in [5, 5.41) is 9.32. The molecule has 5 heteroatoms. The largest absolute Gasteiger partial charge is 0.504 e. The zero-order valence-corrected chi connectivity index (χ0v) is 9.85. The van der Waals surface area contributed by atoms with Crippen molar-refractivity contribution < 1.29 is 14.6 Å². The predicted octanol–water partition coefficient (Wildman–Crippen LogP) is 2.70. The van der Waals surface area contributed by atoms with Crippen LogP contribution >= 0.6 is 31.9 Å². The minimum atomic E-state index is -0.266. The number of methoxy groups -OCH3 is 1. The van der Waals surface area contributed by atoms with Crippen LogP contribution in [0.1, 0.15) is 10.4 Å². The van der Waals surface area contributed by atoms with Gasteiger partial charge in [0, 0.05) is 5.56 Å². The summed E-state index contributed by atoms with van der Waals surface area (Å²) in [6, 6.07) is 2.90. The van der Waals surface area contributed by atoms with Gasteiger partial charge in [-0.1, -0.05) is 0 Å². The van der Waals surface area contributed by atoms with Crippen molar-refractivity contribution in [3.8, 4) is 11.5 Å². The molecule has 0 bridgehead atoms. The van der Waals surface area contributed by atoms with Crippen LogP contribution in [0, 0.1) is 0 Å². The molecule has 0 amide bonds. The van der Waals surface area contributed by atoms with Gasteiger partial charge in [0.1, 0.15) is 0 Å². The first-order valence-corrected chi connectivity index (χ1v) is 4.91. The maximum atomic E-state index is 11.0. The van der Waals surface area contributed by atoms with Gasteiger partial charge >= 0.3 is 0 Å². The fourth-order valence-electron chi connectivity index (χ4n) is 0.892. The molecule has 0 radical (unpaired) electrons. The summed E-state index contributed by atoms with van der Waals surface area (Å²) >= 11 is 5.97. The Labute approximate surface area is 92.0 Å². The standard InChI is InChI=1S/C8H6Br2O3/c1-13-7-5(11)3-2-4(6(7)9)8(10)12/h2-3,11H,1H3. The normalized spacial score (nSPS) is 9.77. The summed E-state index contributed by atoms with van der Waals surface area (Å²) in [5.74, 6) is 0.247. The molecule has 3 nitrogen and oxygen atoms in total. The molecule has 0 aromatic heterocycles. The average molecular weight is 310 g/mol. The van der Waals surface area contributed by atoms with Crippen molar-refractivity contribution in [3.63, 3.8) is 0 Å². The van der Waals surface area contributed by atoms with Crippen LogP contribution in [0.5, 0.6) is 11.5 Å². The maximum absolute atomic E-state index is 11.0. The molecule has 1 aromatic rings. The lowest BCUT2D eigenvalue weighted by atomic mass is 10.2. The summed E-state index contributed by atoms with van der Waals surface area (Å²) < 4.78 is 5.07. The minimum Gasteiger partial charge on any atom is -0.504 e. The van der Waals surface area contributed by atoms with Crippen molar-refractivity contribution in [2.75, 3.05) is 7.11 Å². The highest BCUT2D eigenvalue weighted by Gasteiger charge is 2.14. The topological polar surface area (TPSA) is 46.5 Å². The Morgan fingerprint density at radius 3 is 2.62 bits per heavy atom. The van der Waals surface area contributed by atoms with Gasteiger partial charge in [-0.2, -0.15) is 0 Å². The van der Waals surface area contributed by atoms with Crippen molar-refractivity contribution in [2.45, 2.75) is 0 Å². The molecule has 1 aromatic carbocycles. The van der Waals surface area contributed by atoms with Gasteiger partial charge in [0.15, 0.2) is 11.5 Å². The number of rotatable bonds is 2. The van der Waals surface area contributed by atoms with Gasteiger partial charge in [-0.25, -0.2) is 0 Å². The lowest BCUT2D eigenvalue weighted by Gasteiger charge is -2.07. The summed E-state index contributed by atoms with van der Waals surface area (Å²) in [5.41, 5.74) is 0.412. The van der Waals surface area contributed by atoms with Crippen LogP contribution in [-0.2, 0) is 0 Å². The Bertz CT molecular complexity index is 349. The van der Waals surface area contributed by atoms with Gasteiger partial charge in [0.05, 0.1) is 11.6 Å². The fourth-order valence-corrected chi connectivity index (χ4v) is 2.17. The third-order valence-corrected chi connectivity index (χ3v) is 2.71. The SMILES string of the molecule is COc1c(O)ccc(C(=O)Br)c1Br. The number of halogens is 2. The summed E-state index contributed by atoms with van der Waals surface area (Å²) in [7, 11) is 1.42. The lowest BCUT2D eigenvalue weighted by molar-refractivity contribution is 0.109.